The van der Waals surface area contributed by atoms with Gasteiger partial charge in [0, 0.05) is 0 Å². The summed E-state index contributed by atoms with van der Waals surface area (Å²) < 4.78 is 0. The summed E-state index contributed by atoms with van der Waals surface area (Å²) >= 11 is 0. The van der Waals surface area contributed by atoms with Gasteiger partial charge in [-0.25, -0.2) is 0 Å². The van der Waals surface area contributed by atoms with Crippen molar-refractivity contribution < 1.29 is 24.0 Å². The minimum atomic E-state index is -1.40. The molecule has 5 atom stereocenters. The highest BCUT2D eigenvalue weighted by molar-refractivity contribution is 5.97. The van der Waals surface area contributed by atoms with Crippen molar-refractivity contribution in [2.24, 2.45) is 5.73 Å². The van der Waals surface area contributed by atoms with Crippen LogP contribution < -0.4 is 32.3 Å². The zero-order chi connectivity index (χ0) is 23.3. The van der Waals surface area contributed by atoms with E-state index in [-0.39, 0.29) is 0 Å². The summed E-state index contributed by atoms with van der Waals surface area (Å²) in [5.74, 6) is -3.27. The number of carbonyl (C=O) groups is 5. The lowest BCUT2D eigenvalue weighted by molar-refractivity contribution is -0.133. The second-order valence-corrected chi connectivity index (χ2v) is 5.91. The molecular formula is C18H36N6O5. The Morgan fingerprint density at radius 1 is 0.483 bits per heavy atom. The molecule has 1 saturated heterocycles. The minimum absolute atomic E-state index is 0.585. The van der Waals surface area contributed by atoms with E-state index in [9.17, 15) is 24.0 Å². The molecule has 0 aromatic heterocycles. The van der Waals surface area contributed by atoms with Gasteiger partial charge in [0.15, 0.2) is 6.17 Å². The van der Waals surface area contributed by atoms with Crippen molar-refractivity contribution in [1.29, 1.82) is 0 Å². The number of hydrogen-bond donors (Lipinski definition) is 6. The first kappa shape index (κ1) is 28.5. The second kappa shape index (κ2) is 14.3. The van der Waals surface area contributed by atoms with Crippen LogP contribution in [0.2, 0.25) is 0 Å². The molecule has 0 radical (unpaired) electrons. The van der Waals surface area contributed by atoms with Crippen LogP contribution in [0.5, 0.6) is 0 Å². The molecule has 0 aliphatic carbocycles. The van der Waals surface area contributed by atoms with Crippen LogP contribution in [-0.2, 0) is 24.0 Å². The summed E-state index contributed by atoms with van der Waals surface area (Å²) in [6.07, 6.45) is -1.40. The van der Waals surface area contributed by atoms with Crippen LogP contribution in [0.3, 0.4) is 0 Å². The summed E-state index contributed by atoms with van der Waals surface area (Å²) in [6, 6.07) is -3.83. The number of rotatable bonds is 0. The second-order valence-electron chi connectivity index (χ2n) is 5.91. The van der Waals surface area contributed by atoms with Crippen LogP contribution in [-0.4, -0.2) is 59.9 Å². The third-order valence-electron chi connectivity index (χ3n) is 3.59. The molecule has 1 fully saturated rings. The van der Waals surface area contributed by atoms with Crippen molar-refractivity contribution in [1.82, 2.24) is 26.6 Å². The first-order valence-corrected chi connectivity index (χ1v) is 9.80. The lowest BCUT2D eigenvalue weighted by atomic mass is 10.2. The van der Waals surface area contributed by atoms with E-state index in [4.69, 9.17) is 5.73 Å². The number of hydrogen-bond acceptors (Lipinski definition) is 6. The van der Waals surface area contributed by atoms with E-state index in [1.807, 2.05) is 27.7 Å². The molecule has 0 bridgehead atoms. The number of nitrogens with one attached hydrogen (secondary N) is 5. The highest BCUT2D eigenvalue weighted by atomic mass is 16.2. The summed E-state index contributed by atoms with van der Waals surface area (Å²) in [7, 11) is 0. The smallest absolute Gasteiger partial charge is 0.258 e. The molecule has 7 N–H and O–H groups in total. The van der Waals surface area contributed by atoms with E-state index in [1.54, 1.807) is 0 Å². The van der Waals surface area contributed by atoms with E-state index >= 15 is 0 Å². The summed E-state index contributed by atoms with van der Waals surface area (Å²) in [6.45, 7) is 13.7. The van der Waals surface area contributed by atoms with Crippen molar-refractivity contribution in [3.05, 3.63) is 0 Å². The summed E-state index contributed by atoms with van der Waals surface area (Å²) in [5, 5.41) is 11.8. The van der Waals surface area contributed by atoms with Crippen molar-refractivity contribution >= 4 is 29.5 Å². The van der Waals surface area contributed by atoms with Crippen LogP contribution in [0, 0.1) is 0 Å². The van der Waals surface area contributed by atoms with Crippen molar-refractivity contribution in [2.45, 2.75) is 85.7 Å². The topological polar surface area (TPSA) is 172 Å². The highest BCUT2D eigenvalue weighted by Crippen LogP contribution is 1.94. The monoisotopic (exact) mass is 416 g/mol. The van der Waals surface area contributed by atoms with Crippen LogP contribution >= 0.6 is 0 Å². The zero-order valence-corrected chi connectivity index (χ0v) is 18.5. The molecule has 1 rings (SSSR count). The van der Waals surface area contributed by atoms with Gasteiger partial charge in [0.2, 0.25) is 23.6 Å². The Morgan fingerprint density at radius 2 is 0.690 bits per heavy atom. The van der Waals surface area contributed by atoms with Gasteiger partial charge in [-0.05, 0) is 27.7 Å². The maximum absolute atomic E-state index is 12.0. The lowest BCUT2D eigenvalue weighted by Crippen LogP contribution is -2.59. The van der Waals surface area contributed by atoms with Gasteiger partial charge in [0.1, 0.15) is 24.2 Å². The molecule has 0 spiro atoms. The molecule has 11 nitrogen and oxygen atoms in total. The summed E-state index contributed by atoms with van der Waals surface area (Å²) in [4.78, 5) is 60.0. The largest absolute Gasteiger partial charge is 0.343 e. The average Bonchev–Trinajstić information content (AvgIpc) is 2.69. The van der Waals surface area contributed by atoms with Crippen LogP contribution in [0.1, 0.15) is 55.4 Å². The van der Waals surface area contributed by atoms with Crippen molar-refractivity contribution in [3.63, 3.8) is 0 Å². The highest BCUT2D eigenvalue weighted by Gasteiger charge is 2.28. The molecule has 5 amide bonds. The predicted molar refractivity (Wildman–Crippen MR) is 109 cm³/mol. The Kier molecular flexibility index (Phi) is 14.1. The normalized spacial score (nSPS) is 28.9. The minimum Gasteiger partial charge on any atom is -0.343 e. The maximum atomic E-state index is 12.0. The van der Waals surface area contributed by atoms with Crippen molar-refractivity contribution in [2.75, 3.05) is 0 Å². The standard InChI is InChI=1S/C14H24N6O5.2C2H6/c1-5-10(21)16-6(2)11(22)18-8(4)13(24)20-9(15)14(25)19-7(3)12(23)17-5;2*1-2/h5-9H,15H2,1-4H3,(H,16,21)(H,17,23)(H,18,22)(H,19,25)(H,20,24);2*1-2H3. The van der Waals surface area contributed by atoms with Crippen LogP contribution in [0.25, 0.3) is 0 Å². The Hall–Kier alpha value is -2.69. The first-order valence-electron chi connectivity index (χ1n) is 9.80. The SMILES string of the molecule is CC.CC.CC1NC(=O)C(C)NC(=O)C(C)NC(=O)C(N)NC(=O)C(C)NC1=O. The van der Waals surface area contributed by atoms with Gasteiger partial charge in [-0.15, -0.1) is 0 Å². The van der Waals surface area contributed by atoms with Gasteiger partial charge in [-0.2, -0.15) is 0 Å². The average molecular weight is 417 g/mol. The van der Waals surface area contributed by atoms with E-state index in [0.717, 1.165) is 0 Å². The zero-order valence-electron chi connectivity index (χ0n) is 18.5. The van der Waals surface area contributed by atoms with E-state index < -0.39 is 59.9 Å². The van der Waals surface area contributed by atoms with E-state index in [2.05, 4.69) is 26.6 Å². The molecule has 168 valence electrons. The Labute approximate surface area is 172 Å². The molecule has 1 aliphatic heterocycles. The Balaban J connectivity index is 0. The van der Waals surface area contributed by atoms with Gasteiger partial charge >= 0.3 is 0 Å². The fraction of sp³-hybridized carbons (Fsp3) is 0.722. The molecule has 1 heterocycles. The Morgan fingerprint density at radius 3 is 0.966 bits per heavy atom. The van der Waals surface area contributed by atoms with Gasteiger partial charge in [-0.1, -0.05) is 27.7 Å². The lowest BCUT2D eigenvalue weighted by Gasteiger charge is -2.20. The molecule has 5 unspecified atom stereocenters. The third kappa shape index (κ3) is 9.88. The van der Waals surface area contributed by atoms with Crippen LogP contribution in [0.4, 0.5) is 0 Å². The first-order chi connectivity index (χ1) is 13.5. The van der Waals surface area contributed by atoms with Crippen molar-refractivity contribution in [3.8, 4) is 0 Å². The summed E-state index contributed by atoms with van der Waals surface area (Å²) in [5.41, 5.74) is 5.58. The number of amides is 5. The fourth-order valence-electron chi connectivity index (χ4n) is 1.92. The molecule has 0 saturated carbocycles. The molecular weight excluding hydrogens is 380 g/mol. The number of nitrogens with two attached hydrogens (primary N) is 1. The van der Waals surface area contributed by atoms with E-state index in [0.29, 0.717) is 0 Å². The molecule has 0 aromatic rings. The fourth-order valence-corrected chi connectivity index (χ4v) is 1.92. The Bertz CT molecular complexity index is 467. The third-order valence-corrected chi connectivity index (χ3v) is 3.59. The molecule has 0 aromatic carbocycles. The molecule has 1 aliphatic rings. The van der Waals surface area contributed by atoms with Crippen LogP contribution in [0.15, 0.2) is 0 Å². The molecule has 29 heavy (non-hydrogen) atoms. The number of carbonyl (C=O) groups excluding carboxylic acids is 5. The molecule has 11 heteroatoms. The van der Waals surface area contributed by atoms with Gasteiger partial charge in [0.25, 0.3) is 5.91 Å². The maximum Gasteiger partial charge on any atom is 0.258 e. The quantitative estimate of drug-likeness (QED) is 0.280. The van der Waals surface area contributed by atoms with Gasteiger partial charge < -0.3 is 32.3 Å². The predicted octanol–water partition coefficient (Wildman–Crippen LogP) is -1.53. The van der Waals surface area contributed by atoms with Gasteiger partial charge in [0.05, 0.1) is 0 Å². The van der Waals surface area contributed by atoms with Gasteiger partial charge in [-0.3, -0.25) is 24.0 Å². The van der Waals surface area contributed by atoms with E-state index in [1.165, 1.54) is 27.7 Å².